The van der Waals surface area contributed by atoms with Crippen molar-refractivity contribution in [2.75, 3.05) is 39.4 Å². The van der Waals surface area contributed by atoms with E-state index in [9.17, 15) is 77.3 Å². The third-order valence-corrected chi connectivity index (χ3v) is 18.2. The summed E-state index contributed by atoms with van der Waals surface area (Å²) in [6.45, 7) is 2.33. The van der Waals surface area contributed by atoms with Gasteiger partial charge in [0.05, 0.1) is 13.0 Å². The van der Waals surface area contributed by atoms with E-state index in [1.165, 1.54) is 13.8 Å². The van der Waals surface area contributed by atoms with Crippen molar-refractivity contribution in [3.05, 3.63) is 108 Å². The average Bonchev–Trinajstić information content (AvgIpc) is 1.62. The van der Waals surface area contributed by atoms with Crippen molar-refractivity contribution in [3.63, 3.8) is 0 Å². The van der Waals surface area contributed by atoms with Crippen LogP contribution in [0, 0.1) is 10.8 Å². The van der Waals surface area contributed by atoms with Crippen LogP contribution in [0.15, 0.2) is 91.0 Å². The quantitative estimate of drug-likeness (QED) is 0.0142. The van der Waals surface area contributed by atoms with E-state index in [-0.39, 0.29) is 96.4 Å². The van der Waals surface area contributed by atoms with Gasteiger partial charge in [-0.1, -0.05) is 99.2 Å². The number of nitrogens with two attached hydrogens (primary N) is 3. The first-order valence-electron chi connectivity index (χ1n) is 35.5. The van der Waals surface area contributed by atoms with Gasteiger partial charge in [0.1, 0.15) is 79.6 Å². The fourth-order valence-electron chi connectivity index (χ4n) is 12.7. The fraction of sp³-hybridized carbons (Fsp3) is 0.465. The van der Waals surface area contributed by atoms with Crippen molar-refractivity contribution in [1.29, 1.82) is 10.8 Å². The first kappa shape index (κ1) is 83.1. The van der Waals surface area contributed by atoms with Gasteiger partial charge in [0.25, 0.3) is 0 Å². The third kappa shape index (κ3) is 23.9. The van der Waals surface area contributed by atoms with Crippen molar-refractivity contribution in [2.45, 2.75) is 170 Å². The van der Waals surface area contributed by atoms with Crippen molar-refractivity contribution in [1.82, 2.24) is 79.0 Å². The molecule has 24 N–H and O–H groups in total. The smallest absolute Gasteiger partial charge is 0.407 e. The number of primary amides is 1. The number of carboxylic acids is 1. The summed E-state index contributed by atoms with van der Waals surface area (Å²) in [7, 11) is 0. The van der Waals surface area contributed by atoms with Gasteiger partial charge >= 0.3 is 12.1 Å². The summed E-state index contributed by atoms with van der Waals surface area (Å²) in [5, 5.41) is 69.3. The van der Waals surface area contributed by atoms with Crippen molar-refractivity contribution in [2.24, 2.45) is 17.2 Å². The van der Waals surface area contributed by atoms with Crippen LogP contribution in [0.2, 0.25) is 0 Å². The van der Waals surface area contributed by atoms with Crippen LogP contribution in [0.4, 0.5) is 4.79 Å². The average molecular weight is 1500 g/mol. The maximum Gasteiger partial charge on any atom is 0.407 e. The second kappa shape index (κ2) is 40.4. The Labute approximate surface area is 621 Å². The highest BCUT2D eigenvalue weighted by Gasteiger charge is 2.42. The highest BCUT2D eigenvalue weighted by Crippen LogP contribution is 2.44. The van der Waals surface area contributed by atoms with E-state index in [2.05, 4.69) is 74.1 Å². The maximum atomic E-state index is 14.8. The number of aliphatic hydroxyl groups excluding tert-OH is 1. The van der Waals surface area contributed by atoms with E-state index < -0.39 is 187 Å². The molecule has 4 aromatic rings. The molecule has 582 valence electrons. The largest absolute Gasteiger partial charge is 0.481 e. The Balaban J connectivity index is 1.20. The second-order valence-corrected chi connectivity index (χ2v) is 26.2. The predicted octanol–water partition coefficient (Wildman–Crippen LogP) is -3.24. The topological polar surface area (TPSA) is 590 Å². The number of nitrogens with one attached hydrogen (secondary N) is 16. The van der Waals surface area contributed by atoms with Gasteiger partial charge in [-0.2, -0.15) is 0 Å². The molecule has 0 saturated carbocycles. The van der Waals surface area contributed by atoms with Crippen LogP contribution in [0.3, 0.4) is 0 Å². The summed E-state index contributed by atoms with van der Waals surface area (Å²) in [6.07, 6.45) is -0.907. The molecule has 0 spiro atoms. The molecular weight excluding hydrogens is 1400 g/mol. The summed E-state index contributed by atoms with van der Waals surface area (Å²) < 4.78 is 5.57. The molecule has 0 bridgehead atoms. The van der Waals surface area contributed by atoms with Gasteiger partial charge in [0, 0.05) is 43.2 Å². The highest BCUT2D eigenvalue weighted by molar-refractivity contribution is 6.01. The van der Waals surface area contributed by atoms with E-state index in [4.69, 9.17) is 32.8 Å². The second-order valence-electron chi connectivity index (χ2n) is 26.2. The number of rotatable bonds is 24. The molecule has 37 nitrogen and oxygen atoms in total. The van der Waals surface area contributed by atoms with Crippen LogP contribution >= 0.6 is 0 Å². The van der Waals surface area contributed by atoms with E-state index in [0.29, 0.717) is 11.2 Å². The van der Waals surface area contributed by atoms with Gasteiger partial charge in [-0.3, -0.25) is 73.1 Å². The molecule has 37 heteroatoms. The normalized spacial score (nSPS) is 22.6. The van der Waals surface area contributed by atoms with Gasteiger partial charge in [0.2, 0.25) is 70.9 Å². The van der Waals surface area contributed by atoms with Gasteiger partial charge in [-0.25, -0.2) is 4.79 Å². The minimum absolute atomic E-state index is 0.0112. The number of carbonyl (C=O) groups is 14. The van der Waals surface area contributed by atoms with Gasteiger partial charge in [0.15, 0.2) is 11.9 Å². The number of aliphatic hydroxyl groups is 1. The number of alkyl carbamates (subject to hydrolysis) is 1. The standard InChI is InChI=1S/C71H96N20O17/c1-4-16-48(82-56(93)34-79-71(107)108-36-44-42-20-9-7-18-40(42)41-19-8-10-21-43(41)44)61(99)85-49-24-12-23-47(58(72)96)84-63(101)50(25-13-28-77-69(73)74)86-65(103)52(32-39-31-38-17-6-11-22-46(38)81-39)88-59(97)37(3)80-60(98)45(5-2)83-62(100)51(26-14-29-78-70(75)76)87-67(105)55-27-15-30-91(55)68(106)53(33-57(94)95)89-66(104)54(35-92)90-64(49)102/h6-12,17-23,31,37,44-45,47-55,81,92H,4-5,13-16,24-30,32-36H2,1-3H3,(H2,72,96)(H,79,107)(H,80,98)(H,82,93)(H,83,100)(H,84,101)(H,85,99)(H,86,103)(H,87,105)(H,88,97)(H,89,104)(H,90,102)(H,94,95)(H4,73,74,77)(H4,75,76,78)/t37-,45?,47?,48-,49-,50-,51-,52-,53-,54-,55?/m0/s1. The van der Waals surface area contributed by atoms with Gasteiger partial charge in [-0.05, 0) is 104 Å². The number of amides is 13. The molecule has 3 aliphatic rings. The zero-order valence-electron chi connectivity index (χ0n) is 60.0. The van der Waals surface area contributed by atoms with Crippen molar-refractivity contribution in [3.8, 4) is 11.1 Å². The first-order chi connectivity index (χ1) is 51.6. The lowest BCUT2D eigenvalue weighted by Crippen LogP contribution is -2.61. The molecule has 1 saturated heterocycles. The number of carboxylic acid groups (broad SMARTS) is 1. The molecule has 1 aliphatic carbocycles. The third-order valence-electron chi connectivity index (χ3n) is 18.2. The molecule has 11 atom stereocenters. The summed E-state index contributed by atoms with van der Waals surface area (Å²) in [6, 6.07) is 6.22. The number of fused-ring (bicyclic) bond motifs is 5. The summed E-state index contributed by atoms with van der Waals surface area (Å²) in [5.74, 6) is -15.2. The van der Waals surface area contributed by atoms with Crippen LogP contribution in [0.25, 0.3) is 22.0 Å². The monoisotopic (exact) mass is 1500 g/mol. The molecule has 2 aliphatic heterocycles. The van der Waals surface area contributed by atoms with Crippen molar-refractivity contribution >= 4 is 106 Å². The summed E-state index contributed by atoms with van der Waals surface area (Å²) >= 11 is 0. The Morgan fingerprint density at radius 1 is 0.657 bits per heavy atom. The zero-order chi connectivity index (χ0) is 78.7. The number of H-pyrrole nitrogens is 1. The number of hydrogen-bond acceptors (Lipinski definition) is 18. The lowest BCUT2D eigenvalue weighted by Gasteiger charge is -2.30. The molecule has 3 unspecified atom stereocenters. The number of ether oxygens (including phenoxy) is 1. The lowest BCUT2D eigenvalue weighted by molar-refractivity contribution is -0.146. The molecule has 3 heterocycles. The number of para-hydroxylation sites is 1. The van der Waals surface area contributed by atoms with E-state index in [1.807, 2.05) is 48.5 Å². The Morgan fingerprint density at radius 2 is 1.21 bits per heavy atom. The van der Waals surface area contributed by atoms with Crippen LogP contribution in [0.1, 0.15) is 114 Å². The maximum absolute atomic E-state index is 14.8. The number of benzene rings is 3. The Kier molecular flexibility index (Phi) is 31.0. The number of aromatic nitrogens is 1. The Bertz CT molecular complexity index is 3940. The number of aromatic amines is 1. The molecule has 108 heavy (non-hydrogen) atoms. The SMILES string of the molecule is CCC[C@H](NC(=O)CNC(=O)OCC1c2ccccc2-c2ccccc21)C(=O)N[C@H]1CC=CC(C(N)=O)NC(=O)[C@H](CCCNC(=N)N)NC(=O)[C@H](Cc2cc3ccccc3[nH]2)NC(=O)[C@H](C)NC(=O)C(CC)NC(=O)[C@H](CCCNC(=N)N)NC(=O)C2CCCN2C(=O)[C@H](CC(=O)O)NC(=O)[C@H](CO)NC1=O. The van der Waals surface area contributed by atoms with E-state index in [1.54, 1.807) is 37.3 Å². The number of carbonyl (C=O) groups excluding carboxylic acids is 13. The minimum atomic E-state index is -2.04. The predicted molar refractivity (Wildman–Crippen MR) is 391 cm³/mol. The van der Waals surface area contributed by atoms with Crippen LogP contribution in [-0.4, -0.2) is 221 Å². The Morgan fingerprint density at radius 3 is 1.81 bits per heavy atom. The molecule has 13 amide bonds. The molecule has 1 fully saturated rings. The number of aliphatic carboxylic acids is 1. The van der Waals surface area contributed by atoms with Crippen LogP contribution in [0.5, 0.6) is 0 Å². The fourth-order valence-corrected chi connectivity index (χ4v) is 12.7. The van der Waals surface area contributed by atoms with Gasteiger partial charge in [-0.15, -0.1) is 0 Å². The lowest BCUT2D eigenvalue weighted by atomic mass is 9.98. The van der Waals surface area contributed by atoms with Crippen LogP contribution in [-0.2, 0) is 73.5 Å². The van der Waals surface area contributed by atoms with Gasteiger partial charge < -0.3 is 111 Å². The number of hydrogen-bond donors (Lipinski definition) is 21. The van der Waals surface area contributed by atoms with E-state index >= 15 is 0 Å². The summed E-state index contributed by atoms with van der Waals surface area (Å²) in [4.78, 5) is 201. The number of nitrogens with zero attached hydrogens (tertiary/aromatic N) is 1. The first-order valence-corrected chi connectivity index (χ1v) is 35.5. The molecule has 1 aromatic heterocycles. The Hall–Kier alpha value is -12.2. The molecule has 7 rings (SSSR count). The zero-order valence-corrected chi connectivity index (χ0v) is 60.0. The minimum Gasteiger partial charge on any atom is -0.481 e. The van der Waals surface area contributed by atoms with E-state index in [0.717, 1.165) is 44.7 Å². The summed E-state index contributed by atoms with van der Waals surface area (Å²) in [5.41, 5.74) is 21.8. The van der Waals surface area contributed by atoms with Crippen LogP contribution < -0.4 is 86.3 Å². The van der Waals surface area contributed by atoms with Crippen molar-refractivity contribution < 1.29 is 82.1 Å². The number of guanidine groups is 2. The highest BCUT2D eigenvalue weighted by atomic mass is 16.5. The molecule has 3 aromatic carbocycles. The molecular formula is C71H96N20O17. The molecule has 0 radical (unpaired) electrons.